The molecule has 0 saturated carbocycles. The van der Waals surface area contributed by atoms with E-state index in [0.717, 1.165) is 13.0 Å². The Morgan fingerprint density at radius 2 is 1.63 bits per heavy atom. The van der Waals surface area contributed by atoms with E-state index < -0.39 is 52.9 Å². The topological polar surface area (TPSA) is 204 Å². The van der Waals surface area contributed by atoms with Gasteiger partial charge in [-0.2, -0.15) is 0 Å². The van der Waals surface area contributed by atoms with Crippen LogP contribution in [0, 0.1) is 10.1 Å². The number of halogens is 1. The fourth-order valence-corrected chi connectivity index (χ4v) is 2.89. The monoisotopic (exact) mass is 556 g/mol. The van der Waals surface area contributed by atoms with E-state index in [2.05, 4.69) is 4.84 Å². The third kappa shape index (κ3) is 8.90. The summed E-state index contributed by atoms with van der Waals surface area (Å²) < 4.78 is 20.1. The van der Waals surface area contributed by atoms with Gasteiger partial charge in [0.25, 0.3) is 5.09 Å². The van der Waals surface area contributed by atoms with Gasteiger partial charge in [0, 0.05) is 13.3 Å². The van der Waals surface area contributed by atoms with Crippen LogP contribution in [-0.2, 0) is 19.1 Å². The summed E-state index contributed by atoms with van der Waals surface area (Å²) in [6.07, 6.45) is 0.0900. The lowest BCUT2D eigenvalue weighted by Crippen LogP contribution is -2.29. The lowest BCUT2D eigenvalue weighted by atomic mass is 9.98. The molecule has 2 aromatic carbocycles. The average molecular weight is 557 g/mol. The molecule has 15 heteroatoms. The number of esters is 3. The van der Waals surface area contributed by atoms with Crippen LogP contribution in [0.4, 0.5) is 0 Å². The molecule has 3 N–H and O–H groups in total. The number of carbonyl (C=O) groups is 4. The van der Waals surface area contributed by atoms with E-state index in [9.17, 15) is 34.4 Å². The Bertz CT molecular complexity index is 1180. The number of ether oxygens (including phenoxy) is 4. The summed E-state index contributed by atoms with van der Waals surface area (Å²) in [4.78, 5) is 63.1. The average Bonchev–Trinajstić information content (AvgIpc) is 2.83. The van der Waals surface area contributed by atoms with Gasteiger partial charge in [-0.25, -0.2) is 9.59 Å². The molecule has 206 valence electrons. The number of Topliss-reactive ketones (excluding diaryl/α,β-unsaturated/α-hetero) is 1. The smallest absolute Gasteiger partial charge is 0.344 e. The molecule has 38 heavy (non-hydrogen) atoms. The van der Waals surface area contributed by atoms with Gasteiger partial charge in [-0.15, -0.1) is 22.5 Å². The van der Waals surface area contributed by atoms with Crippen molar-refractivity contribution in [1.29, 1.82) is 0 Å². The SMILES string of the molecule is CC(=O)Oc1ccccc1C(=O)OCOC(=O)c1ccc(OCCCO[N+](=O)[O-])c(O)c1C(=O)[C@H](C)N.Cl. The highest BCUT2D eigenvalue weighted by molar-refractivity contribution is 6.10. The number of nitrogens with two attached hydrogens (primary N) is 1. The van der Waals surface area contributed by atoms with Gasteiger partial charge in [-0.1, -0.05) is 12.1 Å². The summed E-state index contributed by atoms with van der Waals surface area (Å²) >= 11 is 0. The predicted molar refractivity (Wildman–Crippen MR) is 130 cm³/mol. The van der Waals surface area contributed by atoms with E-state index in [1.54, 1.807) is 0 Å². The summed E-state index contributed by atoms with van der Waals surface area (Å²) in [5, 5.41) is 19.8. The predicted octanol–water partition coefficient (Wildman–Crippen LogP) is 2.22. The minimum atomic E-state index is -1.12. The van der Waals surface area contributed by atoms with Crippen LogP contribution < -0.4 is 15.2 Å². The number of phenols is 1. The number of ketones is 1. The number of phenolic OH excluding ortho intramolecular Hbond substituents is 1. The van der Waals surface area contributed by atoms with Gasteiger partial charge in [0.2, 0.25) is 6.79 Å². The zero-order chi connectivity index (χ0) is 27.5. The number of para-hydroxylation sites is 1. The summed E-state index contributed by atoms with van der Waals surface area (Å²) in [6, 6.07) is 6.95. The van der Waals surface area contributed by atoms with E-state index in [0.29, 0.717) is 0 Å². The van der Waals surface area contributed by atoms with Crippen molar-refractivity contribution in [2.75, 3.05) is 20.0 Å². The van der Waals surface area contributed by atoms with E-state index >= 15 is 0 Å². The van der Waals surface area contributed by atoms with Crippen molar-refractivity contribution < 1.29 is 53.2 Å². The fraction of sp³-hybridized carbons (Fsp3) is 0.304. The number of carbonyl (C=O) groups excluding carboxylic acids is 4. The Morgan fingerprint density at radius 3 is 2.24 bits per heavy atom. The Balaban J connectivity index is 0.00000722. The van der Waals surface area contributed by atoms with Crippen LogP contribution in [0.2, 0.25) is 0 Å². The number of aromatic hydroxyl groups is 1. The third-order valence-corrected chi connectivity index (χ3v) is 4.50. The molecule has 0 aliphatic rings. The Kier molecular flexibility index (Phi) is 12.4. The molecular weight excluding hydrogens is 532 g/mol. The van der Waals surface area contributed by atoms with Crippen LogP contribution in [-0.4, -0.2) is 59.9 Å². The first kappa shape index (κ1) is 31.6. The molecule has 1 atom stereocenters. The van der Waals surface area contributed by atoms with Crippen molar-refractivity contribution in [2.45, 2.75) is 26.3 Å². The van der Waals surface area contributed by atoms with Crippen LogP contribution in [0.1, 0.15) is 51.3 Å². The lowest BCUT2D eigenvalue weighted by molar-refractivity contribution is -0.757. The van der Waals surface area contributed by atoms with E-state index in [1.165, 1.54) is 37.3 Å². The quantitative estimate of drug-likeness (QED) is 0.0691. The first-order valence-electron chi connectivity index (χ1n) is 10.7. The van der Waals surface area contributed by atoms with E-state index in [-0.39, 0.29) is 54.7 Å². The van der Waals surface area contributed by atoms with E-state index in [1.807, 2.05) is 0 Å². The zero-order valence-corrected chi connectivity index (χ0v) is 21.1. The minimum absolute atomic E-state index is 0. The van der Waals surface area contributed by atoms with Crippen molar-refractivity contribution in [1.82, 2.24) is 0 Å². The second kappa shape index (κ2) is 15.0. The molecular formula is C23H25ClN2O12. The molecule has 0 aromatic heterocycles. The molecule has 0 bridgehead atoms. The Morgan fingerprint density at radius 1 is 1.00 bits per heavy atom. The van der Waals surface area contributed by atoms with Crippen molar-refractivity contribution in [3.05, 3.63) is 63.2 Å². The van der Waals surface area contributed by atoms with Gasteiger partial charge in [0.05, 0.1) is 30.4 Å². The minimum Gasteiger partial charge on any atom is -0.504 e. The third-order valence-electron chi connectivity index (χ3n) is 4.50. The van der Waals surface area contributed by atoms with Gasteiger partial charge in [-0.05, 0) is 31.2 Å². The van der Waals surface area contributed by atoms with Crippen LogP contribution in [0.5, 0.6) is 17.2 Å². The zero-order valence-electron chi connectivity index (χ0n) is 20.2. The maximum Gasteiger partial charge on any atom is 0.344 e. The molecule has 0 amide bonds. The summed E-state index contributed by atoms with van der Waals surface area (Å²) in [5.41, 5.74) is 4.69. The molecule has 0 aliphatic heterocycles. The second-order valence-electron chi connectivity index (χ2n) is 7.32. The molecule has 0 radical (unpaired) electrons. The largest absolute Gasteiger partial charge is 0.504 e. The molecule has 0 aliphatic carbocycles. The van der Waals surface area contributed by atoms with Gasteiger partial charge in [-0.3, -0.25) is 9.59 Å². The number of nitrogens with zero attached hydrogens (tertiary/aromatic N) is 1. The van der Waals surface area contributed by atoms with Gasteiger partial charge >= 0.3 is 17.9 Å². The standard InChI is InChI=1S/C23H24N2O12.ClH/c1-13(24)20(27)19-16(8-9-18(21(19)28)33-10-5-11-36-25(31)32)23(30)35-12-34-22(29)15-6-3-4-7-17(15)37-14(2)26;/h3-4,6-9,13,28H,5,10-12,24H2,1-2H3;1H/t13-;/m0./s1. The maximum absolute atomic E-state index is 12.6. The molecule has 2 aromatic rings. The van der Waals surface area contributed by atoms with Crippen LogP contribution in [0.3, 0.4) is 0 Å². The molecule has 0 unspecified atom stereocenters. The van der Waals surface area contributed by atoms with Crippen LogP contribution in [0.25, 0.3) is 0 Å². The molecule has 0 fully saturated rings. The first-order chi connectivity index (χ1) is 17.5. The number of hydrogen-bond acceptors (Lipinski definition) is 13. The Hall–Kier alpha value is -4.43. The highest BCUT2D eigenvalue weighted by Crippen LogP contribution is 2.34. The molecule has 14 nitrogen and oxygen atoms in total. The van der Waals surface area contributed by atoms with Crippen molar-refractivity contribution >= 4 is 36.1 Å². The lowest BCUT2D eigenvalue weighted by Gasteiger charge is -2.16. The van der Waals surface area contributed by atoms with E-state index in [4.69, 9.17) is 24.7 Å². The number of benzene rings is 2. The van der Waals surface area contributed by atoms with Crippen molar-refractivity contribution in [3.63, 3.8) is 0 Å². The number of rotatable bonds is 13. The maximum atomic E-state index is 12.6. The van der Waals surface area contributed by atoms with Gasteiger partial charge in [0.1, 0.15) is 11.3 Å². The molecule has 0 saturated heterocycles. The highest BCUT2D eigenvalue weighted by atomic mass is 35.5. The molecule has 0 spiro atoms. The second-order valence-corrected chi connectivity index (χ2v) is 7.32. The highest BCUT2D eigenvalue weighted by Gasteiger charge is 2.27. The van der Waals surface area contributed by atoms with Crippen molar-refractivity contribution in [3.8, 4) is 17.2 Å². The molecule has 0 heterocycles. The van der Waals surface area contributed by atoms with Gasteiger partial charge < -0.3 is 34.6 Å². The summed E-state index contributed by atoms with van der Waals surface area (Å²) in [7, 11) is 0. The summed E-state index contributed by atoms with van der Waals surface area (Å²) in [5.74, 6) is -4.47. The van der Waals surface area contributed by atoms with Crippen LogP contribution >= 0.6 is 12.4 Å². The molecule has 2 rings (SSSR count). The summed E-state index contributed by atoms with van der Waals surface area (Å²) in [6.45, 7) is 1.26. The fourth-order valence-electron chi connectivity index (χ4n) is 2.89. The Labute approximate surface area is 222 Å². The van der Waals surface area contributed by atoms with Crippen LogP contribution in [0.15, 0.2) is 36.4 Å². The van der Waals surface area contributed by atoms with Crippen molar-refractivity contribution in [2.24, 2.45) is 5.73 Å². The number of hydrogen-bond donors (Lipinski definition) is 2. The normalized spacial score (nSPS) is 10.8. The first-order valence-corrected chi connectivity index (χ1v) is 10.7. The van der Waals surface area contributed by atoms with Gasteiger partial charge in [0.15, 0.2) is 17.3 Å².